The van der Waals surface area contributed by atoms with E-state index in [9.17, 15) is 4.39 Å². The maximum Gasteiger partial charge on any atom is 0.517 e. The van der Waals surface area contributed by atoms with Gasteiger partial charge in [0.15, 0.2) is 0 Å². The van der Waals surface area contributed by atoms with E-state index in [0.29, 0.717) is 0 Å². The highest BCUT2D eigenvalue weighted by molar-refractivity contribution is 7.67. The second kappa shape index (κ2) is 2.48. The van der Waals surface area contributed by atoms with Crippen molar-refractivity contribution in [2.75, 3.05) is 0 Å². The van der Waals surface area contributed by atoms with Crippen LogP contribution in [0.15, 0.2) is 0 Å². The fraction of sp³-hybridized carbons (Fsp3) is 1.00. The summed E-state index contributed by atoms with van der Waals surface area (Å²) in [5, 5.41) is 0. The van der Waals surface area contributed by atoms with Crippen molar-refractivity contribution in [2.24, 2.45) is 0 Å². The first-order valence-electron chi connectivity index (χ1n) is 0.839. The summed E-state index contributed by atoms with van der Waals surface area (Å²) in [6.45, 7) is 0. The third kappa shape index (κ3) is 4.24. The van der Waals surface area contributed by atoms with Gasteiger partial charge in [-0.2, -0.15) is 4.39 Å². The molecule has 5 heavy (non-hydrogen) atoms. The lowest BCUT2D eigenvalue weighted by molar-refractivity contribution is 0.531. The Morgan fingerprint density at radius 2 is 2.20 bits per heavy atom. The minimum Gasteiger partial charge on any atom is -0.159 e. The van der Waals surface area contributed by atoms with Gasteiger partial charge in [0.25, 0.3) is 0 Å². The fourth-order valence-electron chi connectivity index (χ4n) is 0. The zero-order valence-corrected chi connectivity index (χ0v) is 3.72. The van der Waals surface area contributed by atoms with Crippen LogP contribution >= 0.6 is 11.6 Å². The first-order valence-corrected chi connectivity index (χ1v) is 2.08. The Balaban J connectivity index is 2.83. The number of hydrogen-bond acceptors (Lipinski definition) is 1. The smallest absolute Gasteiger partial charge is 0.159 e. The van der Waals surface area contributed by atoms with Crippen LogP contribution in [0.4, 0.5) is 4.39 Å². The molecule has 0 bridgehead atoms. The monoisotopic (exact) mass is 115 g/mol. The lowest BCUT2D eigenvalue weighted by atomic mass is 11.8. The summed E-state index contributed by atoms with van der Waals surface area (Å²) in [5.41, 5.74) is 0. The van der Waals surface area contributed by atoms with E-state index in [1.165, 1.54) is 0 Å². The third-order valence-electron chi connectivity index (χ3n) is 0.0727. The zero-order valence-electron chi connectivity index (χ0n) is 2.15. The summed E-state index contributed by atoms with van der Waals surface area (Å²) >= 11 is 4.17. The standard InChI is InChI=1S/CHClFOS/c2-1(3)5-4/h1H/q+1. The molecule has 0 fully saturated rings. The van der Waals surface area contributed by atoms with Crippen molar-refractivity contribution in [2.45, 2.75) is 4.96 Å². The number of rotatable bonds is 1. The number of halogens is 2. The summed E-state index contributed by atoms with van der Waals surface area (Å²) in [6, 6.07) is 0. The summed E-state index contributed by atoms with van der Waals surface area (Å²) < 4.78 is 19.9. The van der Waals surface area contributed by atoms with Crippen molar-refractivity contribution >= 4 is 23.3 Å². The molecule has 0 aromatic carbocycles. The van der Waals surface area contributed by atoms with Crippen molar-refractivity contribution < 1.29 is 8.60 Å². The van der Waals surface area contributed by atoms with Crippen LogP contribution in [0.3, 0.4) is 0 Å². The van der Waals surface area contributed by atoms with Gasteiger partial charge in [0.05, 0.1) is 0 Å². The average Bonchev–Trinajstić information content (AvgIpc) is 1.38. The second-order valence-corrected chi connectivity index (χ2v) is 1.61. The largest absolute Gasteiger partial charge is 0.517 e. The molecule has 0 aromatic heterocycles. The molecule has 0 aromatic rings. The Labute approximate surface area is 37.6 Å². The van der Waals surface area contributed by atoms with E-state index in [4.69, 9.17) is 4.21 Å². The molecule has 30 valence electrons. The van der Waals surface area contributed by atoms with Gasteiger partial charge < -0.3 is 0 Å². The van der Waals surface area contributed by atoms with Gasteiger partial charge >= 0.3 is 16.6 Å². The minimum absolute atomic E-state index is 0.272. The van der Waals surface area contributed by atoms with Gasteiger partial charge in [0.2, 0.25) is 0 Å². The summed E-state index contributed by atoms with van der Waals surface area (Å²) in [5.74, 6) is 0. The molecule has 0 radical (unpaired) electrons. The maximum absolute atomic E-state index is 10.8. The van der Waals surface area contributed by atoms with Crippen LogP contribution in [0.2, 0.25) is 0 Å². The van der Waals surface area contributed by atoms with Gasteiger partial charge in [0, 0.05) is 4.21 Å². The van der Waals surface area contributed by atoms with Crippen molar-refractivity contribution in [3.05, 3.63) is 0 Å². The van der Waals surface area contributed by atoms with Crippen molar-refractivity contribution in [1.82, 2.24) is 0 Å². The molecule has 0 spiro atoms. The third-order valence-corrected chi connectivity index (χ3v) is 0.436. The van der Waals surface area contributed by atoms with Crippen LogP contribution in [0.5, 0.6) is 0 Å². The van der Waals surface area contributed by atoms with E-state index in [-0.39, 0.29) is 11.7 Å². The van der Waals surface area contributed by atoms with Crippen LogP contribution < -0.4 is 0 Å². The lowest BCUT2D eigenvalue weighted by Crippen LogP contribution is -1.76. The topological polar surface area (TPSA) is 17.1 Å². The Hall–Kier alpha value is 0.240. The van der Waals surface area contributed by atoms with Crippen molar-refractivity contribution in [3.63, 3.8) is 0 Å². The van der Waals surface area contributed by atoms with Crippen LogP contribution in [0, 0.1) is 0 Å². The quantitative estimate of drug-likeness (QED) is 0.367. The molecule has 0 aliphatic heterocycles. The van der Waals surface area contributed by atoms with Crippen LogP contribution in [-0.2, 0) is 15.9 Å². The van der Waals surface area contributed by atoms with Gasteiger partial charge in [-0.15, -0.1) is 0 Å². The predicted molar refractivity (Wildman–Crippen MR) is 18.8 cm³/mol. The number of hydrogen-bond donors (Lipinski definition) is 0. The maximum atomic E-state index is 10.8. The molecule has 1 nitrogen and oxygen atoms in total. The molecule has 0 saturated heterocycles. The van der Waals surface area contributed by atoms with Gasteiger partial charge in [-0.05, 0) is 11.6 Å². The van der Waals surface area contributed by atoms with E-state index < -0.39 is 4.96 Å². The van der Waals surface area contributed by atoms with E-state index >= 15 is 0 Å². The summed E-state index contributed by atoms with van der Waals surface area (Å²) in [7, 11) is 0. The molecule has 0 aliphatic carbocycles. The van der Waals surface area contributed by atoms with E-state index in [1.807, 2.05) is 0 Å². The molecule has 0 saturated carbocycles. The fourth-order valence-corrected chi connectivity index (χ4v) is 0. The van der Waals surface area contributed by atoms with E-state index in [2.05, 4.69) is 11.6 Å². The van der Waals surface area contributed by atoms with Crippen molar-refractivity contribution in [3.8, 4) is 0 Å². The highest BCUT2D eigenvalue weighted by Crippen LogP contribution is 1.90. The molecule has 0 heterocycles. The van der Waals surface area contributed by atoms with E-state index in [0.717, 1.165) is 0 Å². The lowest BCUT2D eigenvalue weighted by Gasteiger charge is -1.52. The number of alkyl halides is 2. The first-order chi connectivity index (χ1) is 2.27. The summed E-state index contributed by atoms with van der Waals surface area (Å²) in [4.78, 5) is -1.78. The summed E-state index contributed by atoms with van der Waals surface area (Å²) in [6.07, 6.45) is 0. The predicted octanol–water partition coefficient (Wildman–Crippen LogP) is 0.906. The molecule has 1 atom stereocenters. The normalized spacial score (nSPS) is 14.0. The zero-order chi connectivity index (χ0) is 4.28. The van der Waals surface area contributed by atoms with Crippen LogP contribution in [0.1, 0.15) is 0 Å². The minimum atomic E-state index is -1.78. The van der Waals surface area contributed by atoms with Crippen LogP contribution in [-0.4, -0.2) is 4.96 Å². The Kier molecular flexibility index (Phi) is 2.59. The van der Waals surface area contributed by atoms with Gasteiger partial charge in [-0.3, -0.25) is 0 Å². The Morgan fingerprint density at radius 3 is 2.20 bits per heavy atom. The Bertz CT molecular complexity index is 38.6. The van der Waals surface area contributed by atoms with Gasteiger partial charge in [-0.1, -0.05) is 0 Å². The molecule has 0 N–H and O–H groups in total. The molecule has 0 rings (SSSR count). The highest BCUT2D eigenvalue weighted by atomic mass is 35.5. The molecule has 0 aliphatic rings. The van der Waals surface area contributed by atoms with Gasteiger partial charge in [-0.25, -0.2) is 0 Å². The SMILES string of the molecule is O=[S+]C(F)Cl. The van der Waals surface area contributed by atoms with Crippen molar-refractivity contribution in [1.29, 1.82) is 0 Å². The molecular weight excluding hydrogens is 115 g/mol. The molecule has 4 heteroatoms. The Morgan fingerprint density at radius 1 is 2.00 bits per heavy atom. The molecule has 0 amide bonds. The first kappa shape index (κ1) is 5.24. The second-order valence-electron chi connectivity index (χ2n) is 0.357. The highest BCUT2D eigenvalue weighted by Gasteiger charge is 2.11. The molecular formula is CHClFOS+. The van der Waals surface area contributed by atoms with Crippen LogP contribution in [0.25, 0.3) is 0 Å². The van der Waals surface area contributed by atoms with Gasteiger partial charge in [0.1, 0.15) is 0 Å². The molecule has 1 unspecified atom stereocenters. The average molecular weight is 116 g/mol. The van der Waals surface area contributed by atoms with E-state index in [1.54, 1.807) is 0 Å².